The van der Waals surface area contributed by atoms with Gasteiger partial charge >= 0.3 is 0 Å². The minimum atomic E-state index is -0.427. The van der Waals surface area contributed by atoms with Crippen LogP contribution < -0.4 is 15.2 Å². The maximum absolute atomic E-state index is 8.92. The first kappa shape index (κ1) is 13.7. The Morgan fingerprint density at radius 2 is 2.32 bits per heavy atom. The van der Waals surface area contributed by atoms with Gasteiger partial charge in [0.05, 0.1) is 0 Å². The molecule has 102 valence electrons. The third-order valence-corrected chi connectivity index (χ3v) is 3.28. The second-order valence-electron chi connectivity index (χ2n) is 5.52. The lowest BCUT2D eigenvalue weighted by Crippen LogP contribution is -2.37. The summed E-state index contributed by atoms with van der Waals surface area (Å²) in [6.07, 6.45) is 1.01. The van der Waals surface area contributed by atoms with Crippen LogP contribution in [0.5, 0.6) is 11.5 Å². The highest BCUT2D eigenvalue weighted by Gasteiger charge is 2.32. The number of hydrogen-bond donors (Lipinski definition) is 1. The summed E-state index contributed by atoms with van der Waals surface area (Å²) in [4.78, 5) is 0. The van der Waals surface area contributed by atoms with Crippen molar-refractivity contribution in [1.82, 2.24) is 0 Å². The normalized spacial score (nSPS) is 21.7. The van der Waals surface area contributed by atoms with Gasteiger partial charge < -0.3 is 15.2 Å². The number of nitriles is 1. The summed E-state index contributed by atoms with van der Waals surface area (Å²) >= 11 is 0. The summed E-state index contributed by atoms with van der Waals surface area (Å²) < 4.78 is 11.5. The molecular formula is C15H20N2O2. The molecule has 1 aromatic rings. The van der Waals surface area contributed by atoms with E-state index in [0.717, 1.165) is 17.7 Å². The highest BCUT2D eigenvalue weighted by Crippen LogP contribution is 2.40. The number of ether oxygens (including phenoxy) is 2. The summed E-state index contributed by atoms with van der Waals surface area (Å²) in [5.74, 6) is 1.41. The van der Waals surface area contributed by atoms with E-state index in [1.54, 1.807) is 0 Å². The molecule has 1 heterocycles. The molecule has 2 N–H and O–H groups in total. The standard InChI is InChI=1S/C15H20N2O2/c1-4-10(9-16)18-11-5-6-12-13(17)8-15(2,3)19-14(12)7-11/h5-7,10,13H,4,8,17H2,1-3H3. The lowest BCUT2D eigenvalue weighted by atomic mass is 9.90. The Kier molecular flexibility index (Phi) is 3.68. The summed E-state index contributed by atoms with van der Waals surface area (Å²) in [6, 6.07) is 7.70. The van der Waals surface area contributed by atoms with Crippen molar-refractivity contribution in [2.45, 2.75) is 51.4 Å². The Hall–Kier alpha value is -1.73. The lowest BCUT2D eigenvalue weighted by Gasteiger charge is -2.36. The van der Waals surface area contributed by atoms with Gasteiger partial charge in [-0.1, -0.05) is 13.0 Å². The fraction of sp³-hybridized carbons (Fsp3) is 0.533. The SMILES string of the molecule is CCC(C#N)Oc1ccc2c(c1)OC(C)(C)CC2N. The molecule has 0 fully saturated rings. The molecular weight excluding hydrogens is 240 g/mol. The van der Waals surface area contributed by atoms with E-state index in [1.165, 1.54) is 0 Å². The number of rotatable bonds is 3. The van der Waals surface area contributed by atoms with E-state index >= 15 is 0 Å². The molecule has 2 rings (SSSR count). The van der Waals surface area contributed by atoms with Crippen molar-refractivity contribution in [1.29, 1.82) is 5.26 Å². The molecule has 0 amide bonds. The maximum atomic E-state index is 8.92. The predicted molar refractivity (Wildman–Crippen MR) is 73.0 cm³/mol. The van der Waals surface area contributed by atoms with Crippen LogP contribution in [0.4, 0.5) is 0 Å². The lowest BCUT2D eigenvalue weighted by molar-refractivity contribution is 0.0723. The van der Waals surface area contributed by atoms with E-state index in [4.69, 9.17) is 20.5 Å². The van der Waals surface area contributed by atoms with E-state index in [0.29, 0.717) is 12.2 Å². The Balaban J connectivity index is 2.26. The van der Waals surface area contributed by atoms with Crippen LogP contribution in [-0.4, -0.2) is 11.7 Å². The van der Waals surface area contributed by atoms with Gasteiger partial charge in [0.15, 0.2) is 6.10 Å². The van der Waals surface area contributed by atoms with Crippen molar-refractivity contribution in [2.24, 2.45) is 5.73 Å². The Labute approximate surface area is 114 Å². The van der Waals surface area contributed by atoms with Crippen molar-refractivity contribution >= 4 is 0 Å². The summed E-state index contributed by atoms with van der Waals surface area (Å²) in [6.45, 7) is 5.96. The molecule has 1 aromatic carbocycles. The van der Waals surface area contributed by atoms with Gasteiger partial charge in [0.2, 0.25) is 0 Å². The molecule has 0 spiro atoms. The molecule has 0 saturated heterocycles. The largest absolute Gasteiger partial charge is 0.487 e. The van der Waals surface area contributed by atoms with Crippen molar-refractivity contribution in [3.05, 3.63) is 23.8 Å². The quantitative estimate of drug-likeness (QED) is 0.907. The molecule has 1 aliphatic heterocycles. The number of benzene rings is 1. The van der Waals surface area contributed by atoms with Gasteiger partial charge in [-0.15, -0.1) is 0 Å². The molecule has 2 unspecified atom stereocenters. The Bertz CT molecular complexity index is 505. The number of hydrogen-bond acceptors (Lipinski definition) is 4. The zero-order valence-corrected chi connectivity index (χ0v) is 11.6. The molecule has 4 nitrogen and oxygen atoms in total. The minimum absolute atomic E-state index is 0.0225. The first-order valence-corrected chi connectivity index (χ1v) is 6.60. The molecule has 0 aromatic heterocycles. The van der Waals surface area contributed by atoms with Crippen molar-refractivity contribution < 1.29 is 9.47 Å². The molecule has 0 aliphatic carbocycles. The highest BCUT2D eigenvalue weighted by molar-refractivity contribution is 5.44. The summed E-state index contributed by atoms with van der Waals surface area (Å²) in [7, 11) is 0. The Morgan fingerprint density at radius 3 is 2.95 bits per heavy atom. The van der Waals surface area contributed by atoms with E-state index in [-0.39, 0.29) is 11.6 Å². The monoisotopic (exact) mass is 260 g/mol. The smallest absolute Gasteiger partial charge is 0.184 e. The van der Waals surface area contributed by atoms with Gasteiger partial charge in [0.1, 0.15) is 23.2 Å². The zero-order chi connectivity index (χ0) is 14.0. The van der Waals surface area contributed by atoms with E-state index < -0.39 is 6.10 Å². The third kappa shape index (κ3) is 2.99. The first-order valence-electron chi connectivity index (χ1n) is 6.60. The second-order valence-corrected chi connectivity index (χ2v) is 5.52. The maximum Gasteiger partial charge on any atom is 0.184 e. The van der Waals surface area contributed by atoms with Crippen LogP contribution in [0.1, 0.15) is 45.2 Å². The first-order chi connectivity index (χ1) is 8.95. The van der Waals surface area contributed by atoms with Crippen molar-refractivity contribution in [2.75, 3.05) is 0 Å². The molecule has 0 radical (unpaired) electrons. The van der Waals surface area contributed by atoms with Crippen LogP contribution in [-0.2, 0) is 0 Å². The van der Waals surface area contributed by atoms with Crippen LogP contribution in [0.3, 0.4) is 0 Å². The van der Waals surface area contributed by atoms with Crippen LogP contribution in [0, 0.1) is 11.3 Å². The molecule has 2 atom stereocenters. The van der Waals surface area contributed by atoms with Gasteiger partial charge in [-0.2, -0.15) is 5.26 Å². The highest BCUT2D eigenvalue weighted by atomic mass is 16.5. The van der Waals surface area contributed by atoms with Crippen LogP contribution >= 0.6 is 0 Å². The predicted octanol–water partition coefficient (Wildman–Crippen LogP) is 2.93. The van der Waals surface area contributed by atoms with Gasteiger partial charge in [-0.05, 0) is 26.3 Å². The van der Waals surface area contributed by atoms with Gasteiger partial charge in [0.25, 0.3) is 0 Å². The van der Waals surface area contributed by atoms with Gasteiger partial charge in [-0.25, -0.2) is 0 Å². The van der Waals surface area contributed by atoms with Gasteiger partial charge in [-0.3, -0.25) is 0 Å². The molecule has 1 aliphatic rings. The average molecular weight is 260 g/mol. The average Bonchev–Trinajstić information content (AvgIpc) is 2.34. The van der Waals surface area contributed by atoms with E-state index in [1.807, 2.05) is 39.0 Å². The van der Waals surface area contributed by atoms with E-state index in [2.05, 4.69) is 6.07 Å². The fourth-order valence-electron chi connectivity index (χ4n) is 2.33. The third-order valence-electron chi connectivity index (χ3n) is 3.28. The molecule has 0 bridgehead atoms. The van der Waals surface area contributed by atoms with E-state index in [9.17, 15) is 0 Å². The van der Waals surface area contributed by atoms with Crippen LogP contribution in [0.25, 0.3) is 0 Å². The molecule has 4 heteroatoms. The van der Waals surface area contributed by atoms with Crippen LogP contribution in [0.2, 0.25) is 0 Å². The number of nitrogens with zero attached hydrogens (tertiary/aromatic N) is 1. The zero-order valence-electron chi connectivity index (χ0n) is 11.6. The van der Waals surface area contributed by atoms with Crippen molar-refractivity contribution in [3.8, 4) is 17.6 Å². The second kappa shape index (κ2) is 5.10. The molecule has 19 heavy (non-hydrogen) atoms. The summed E-state index contributed by atoms with van der Waals surface area (Å²) in [5.41, 5.74) is 6.88. The number of fused-ring (bicyclic) bond motifs is 1. The minimum Gasteiger partial charge on any atom is -0.487 e. The Morgan fingerprint density at radius 1 is 1.58 bits per heavy atom. The molecule has 0 saturated carbocycles. The topological polar surface area (TPSA) is 68.3 Å². The van der Waals surface area contributed by atoms with Crippen molar-refractivity contribution in [3.63, 3.8) is 0 Å². The van der Waals surface area contributed by atoms with Crippen LogP contribution in [0.15, 0.2) is 18.2 Å². The fourth-order valence-corrected chi connectivity index (χ4v) is 2.33. The summed E-state index contributed by atoms with van der Waals surface area (Å²) in [5, 5.41) is 8.92. The van der Waals surface area contributed by atoms with Gasteiger partial charge in [0, 0.05) is 24.1 Å². The number of nitrogens with two attached hydrogens (primary N) is 1.